The third-order valence-electron chi connectivity index (χ3n) is 4.33. The number of benzene rings is 1. The van der Waals surface area contributed by atoms with Gasteiger partial charge in [0.05, 0.1) is 11.7 Å². The van der Waals surface area contributed by atoms with E-state index in [1.807, 2.05) is 43.5 Å². The summed E-state index contributed by atoms with van der Waals surface area (Å²) in [5, 5.41) is 16.5. The van der Waals surface area contributed by atoms with Crippen molar-refractivity contribution >= 4 is 6.03 Å². The van der Waals surface area contributed by atoms with Crippen LogP contribution in [-0.4, -0.2) is 45.5 Å². The minimum atomic E-state index is -0.129. The molecule has 2 aromatic rings. The molecule has 1 aromatic heterocycles. The maximum absolute atomic E-state index is 12.4. The molecule has 6 nitrogen and oxygen atoms in total. The van der Waals surface area contributed by atoms with Crippen LogP contribution in [0.5, 0.6) is 0 Å². The Bertz CT molecular complexity index is 656. The minimum absolute atomic E-state index is 0.0799. The van der Waals surface area contributed by atoms with Crippen molar-refractivity contribution in [2.24, 2.45) is 5.92 Å². The number of aliphatic hydroxyl groups is 1. The van der Waals surface area contributed by atoms with Crippen molar-refractivity contribution < 1.29 is 9.90 Å². The Labute approximate surface area is 135 Å². The van der Waals surface area contributed by atoms with Crippen LogP contribution in [0.15, 0.2) is 42.7 Å². The Morgan fingerprint density at radius 3 is 2.96 bits per heavy atom. The molecule has 23 heavy (non-hydrogen) atoms. The van der Waals surface area contributed by atoms with Crippen LogP contribution in [0.2, 0.25) is 0 Å². The standard InChI is InChI=1S/C17H22N4O2/c1-13(19-17(23)20-10-7-14(11-20)12-22)15-5-2-3-6-16(15)21-9-4-8-18-21/h2-6,8-9,13-14,22H,7,10-12H2,1H3,(H,19,23). The molecule has 122 valence electrons. The van der Waals surface area contributed by atoms with Gasteiger partial charge in [-0.15, -0.1) is 0 Å². The normalized spacial score (nSPS) is 18.9. The molecular weight excluding hydrogens is 292 g/mol. The molecule has 0 saturated carbocycles. The molecule has 2 heterocycles. The van der Waals surface area contributed by atoms with E-state index < -0.39 is 0 Å². The number of carbonyl (C=O) groups is 1. The number of aromatic nitrogens is 2. The maximum Gasteiger partial charge on any atom is 0.317 e. The minimum Gasteiger partial charge on any atom is -0.396 e. The highest BCUT2D eigenvalue weighted by Crippen LogP contribution is 2.22. The fourth-order valence-electron chi connectivity index (χ4n) is 2.99. The second kappa shape index (κ2) is 6.83. The molecule has 0 spiro atoms. The highest BCUT2D eigenvalue weighted by Gasteiger charge is 2.26. The van der Waals surface area contributed by atoms with Gasteiger partial charge in [0.2, 0.25) is 0 Å². The number of urea groups is 1. The Morgan fingerprint density at radius 2 is 2.26 bits per heavy atom. The van der Waals surface area contributed by atoms with Crippen LogP contribution in [0.3, 0.4) is 0 Å². The van der Waals surface area contributed by atoms with E-state index in [-0.39, 0.29) is 24.6 Å². The first-order chi connectivity index (χ1) is 11.2. The Balaban J connectivity index is 1.72. The number of nitrogens with zero attached hydrogens (tertiary/aromatic N) is 3. The number of amides is 2. The average molecular weight is 314 g/mol. The lowest BCUT2D eigenvalue weighted by Gasteiger charge is -2.22. The predicted molar refractivity (Wildman–Crippen MR) is 87.3 cm³/mol. The third-order valence-corrected chi connectivity index (χ3v) is 4.33. The van der Waals surface area contributed by atoms with Gasteiger partial charge in [0.15, 0.2) is 0 Å². The summed E-state index contributed by atoms with van der Waals surface area (Å²) < 4.78 is 1.80. The summed E-state index contributed by atoms with van der Waals surface area (Å²) in [5.74, 6) is 0.201. The van der Waals surface area contributed by atoms with Crippen LogP contribution >= 0.6 is 0 Å². The highest BCUT2D eigenvalue weighted by atomic mass is 16.3. The molecule has 6 heteroatoms. The molecule has 1 aliphatic heterocycles. The van der Waals surface area contributed by atoms with E-state index >= 15 is 0 Å². The van der Waals surface area contributed by atoms with Crippen molar-refractivity contribution in [3.05, 3.63) is 48.3 Å². The van der Waals surface area contributed by atoms with E-state index in [1.165, 1.54) is 0 Å². The molecule has 2 atom stereocenters. The summed E-state index contributed by atoms with van der Waals surface area (Å²) in [5.41, 5.74) is 1.97. The number of hydrogen-bond donors (Lipinski definition) is 2. The number of para-hydroxylation sites is 1. The fraction of sp³-hybridized carbons (Fsp3) is 0.412. The summed E-state index contributed by atoms with van der Waals surface area (Å²) in [6.07, 6.45) is 4.49. The van der Waals surface area contributed by atoms with Gasteiger partial charge in [0, 0.05) is 38.0 Å². The lowest BCUT2D eigenvalue weighted by Crippen LogP contribution is -2.40. The smallest absolute Gasteiger partial charge is 0.317 e. The Kier molecular flexibility index (Phi) is 4.62. The zero-order valence-electron chi connectivity index (χ0n) is 13.2. The largest absolute Gasteiger partial charge is 0.396 e. The summed E-state index contributed by atoms with van der Waals surface area (Å²) in [7, 11) is 0. The lowest BCUT2D eigenvalue weighted by atomic mass is 10.1. The predicted octanol–water partition coefficient (Wildman–Crippen LogP) is 1.96. The van der Waals surface area contributed by atoms with Crippen molar-refractivity contribution in [3.63, 3.8) is 0 Å². The molecule has 2 amide bonds. The summed E-state index contributed by atoms with van der Waals surface area (Å²) >= 11 is 0. The van der Waals surface area contributed by atoms with E-state index in [4.69, 9.17) is 0 Å². The number of aliphatic hydroxyl groups excluding tert-OH is 1. The first-order valence-electron chi connectivity index (χ1n) is 7.94. The van der Waals surface area contributed by atoms with Crippen LogP contribution in [0.4, 0.5) is 4.79 Å². The van der Waals surface area contributed by atoms with Crippen molar-refractivity contribution in [3.8, 4) is 5.69 Å². The lowest BCUT2D eigenvalue weighted by molar-refractivity contribution is 0.195. The average Bonchev–Trinajstić information content (AvgIpc) is 3.26. The first kappa shape index (κ1) is 15.6. The third kappa shape index (κ3) is 3.37. The van der Waals surface area contributed by atoms with Gasteiger partial charge in [-0.05, 0) is 31.0 Å². The van der Waals surface area contributed by atoms with Gasteiger partial charge in [-0.2, -0.15) is 5.10 Å². The molecular formula is C17H22N4O2. The zero-order valence-corrected chi connectivity index (χ0v) is 13.2. The van der Waals surface area contributed by atoms with Gasteiger partial charge in [0.25, 0.3) is 0 Å². The molecule has 1 aromatic carbocycles. The quantitative estimate of drug-likeness (QED) is 0.906. The monoisotopic (exact) mass is 314 g/mol. The van der Waals surface area contributed by atoms with Crippen molar-refractivity contribution in [1.29, 1.82) is 0 Å². The first-order valence-corrected chi connectivity index (χ1v) is 7.94. The molecule has 1 fully saturated rings. The molecule has 0 aliphatic carbocycles. The molecule has 3 rings (SSSR count). The van der Waals surface area contributed by atoms with Crippen molar-refractivity contribution in [1.82, 2.24) is 20.0 Å². The summed E-state index contributed by atoms with van der Waals surface area (Å²) in [6.45, 7) is 3.43. The van der Waals surface area contributed by atoms with E-state index in [2.05, 4.69) is 10.4 Å². The maximum atomic E-state index is 12.4. The summed E-state index contributed by atoms with van der Waals surface area (Å²) in [6, 6.07) is 9.58. The number of carbonyl (C=O) groups excluding carboxylic acids is 1. The van der Waals surface area contributed by atoms with Crippen molar-refractivity contribution in [2.75, 3.05) is 19.7 Å². The van der Waals surface area contributed by atoms with Gasteiger partial charge in [-0.3, -0.25) is 0 Å². The topological polar surface area (TPSA) is 70.4 Å². The summed E-state index contributed by atoms with van der Waals surface area (Å²) in [4.78, 5) is 14.2. The molecule has 1 saturated heterocycles. The van der Waals surface area contributed by atoms with Gasteiger partial charge in [-0.1, -0.05) is 18.2 Å². The molecule has 2 unspecified atom stereocenters. The fourth-order valence-corrected chi connectivity index (χ4v) is 2.99. The van der Waals surface area contributed by atoms with E-state index in [1.54, 1.807) is 15.8 Å². The molecule has 1 aliphatic rings. The van der Waals surface area contributed by atoms with Gasteiger partial charge in [0.1, 0.15) is 0 Å². The highest BCUT2D eigenvalue weighted by molar-refractivity contribution is 5.75. The van der Waals surface area contributed by atoms with E-state index in [0.717, 1.165) is 17.7 Å². The van der Waals surface area contributed by atoms with Crippen LogP contribution < -0.4 is 5.32 Å². The van der Waals surface area contributed by atoms with E-state index in [0.29, 0.717) is 13.1 Å². The second-order valence-corrected chi connectivity index (χ2v) is 5.96. The van der Waals surface area contributed by atoms with Crippen LogP contribution in [0, 0.1) is 5.92 Å². The SMILES string of the molecule is CC(NC(=O)N1CCC(CO)C1)c1ccccc1-n1cccn1. The van der Waals surface area contributed by atoms with Crippen LogP contribution in [-0.2, 0) is 0 Å². The Morgan fingerprint density at radius 1 is 1.43 bits per heavy atom. The Hall–Kier alpha value is -2.34. The number of nitrogens with one attached hydrogen (secondary N) is 1. The number of likely N-dealkylation sites (tertiary alicyclic amines) is 1. The zero-order chi connectivity index (χ0) is 16.2. The molecule has 0 radical (unpaired) electrons. The van der Waals surface area contributed by atoms with Gasteiger partial charge < -0.3 is 15.3 Å². The second-order valence-electron chi connectivity index (χ2n) is 5.96. The van der Waals surface area contributed by atoms with Gasteiger partial charge in [-0.25, -0.2) is 9.48 Å². The van der Waals surface area contributed by atoms with Crippen LogP contribution in [0.25, 0.3) is 5.69 Å². The molecule has 0 bridgehead atoms. The van der Waals surface area contributed by atoms with Crippen LogP contribution in [0.1, 0.15) is 24.9 Å². The molecule has 2 N–H and O–H groups in total. The van der Waals surface area contributed by atoms with Crippen molar-refractivity contribution in [2.45, 2.75) is 19.4 Å². The van der Waals surface area contributed by atoms with Gasteiger partial charge >= 0.3 is 6.03 Å². The number of hydrogen-bond acceptors (Lipinski definition) is 3. The number of rotatable bonds is 4. The van der Waals surface area contributed by atoms with E-state index in [9.17, 15) is 9.90 Å².